The van der Waals surface area contributed by atoms with Gasteiger partial charge in [0.25, 0.3) is 0 Å². The lowest BCUT2D eigenvalue weighted by atomic mass is 9.93. The molecule has 1 aromatic rings. The molecule has 14 heavy (non-hydrogen) atoms. The minimum atomic E-state index is -0.391. The van der Waals surface area contributed by atoms with Crippen molar-refractivity contribution in [2.24, 2.45) is 5.92 Å². The molecule has 2 unspecified atom stereocenters. The molecule has 2 nitrogen and oxygen atoms in total. The van der Waals surface area contributed by atoms with E-state index >= 15 is 0 Å². The average Bonchev–Trinajstić information content (AvgIpc) is 2.39. The van der Waals surface area contributed by atoms with E-state index in [1.54, 1.807) is 0 Å². The summed E-state index contributed by atoms with van der Waals surface area (Å²) in [5, 5.41) is 10.1. The third-order valence-electron chi connectivity index (χ3n) is 3.10. The van der Waals surface area contributed by atoms with Gasteiger partial charge in [0.2, 0.25) is 0 Å². The van der Waals surface area contributed by atoms with Crippen molar-refractivity contribution >= 4 is 0 Å². The smallest absolute Gasteiger partial charge is 0.107 e. The SMILES string of the molecule is CCC(C)C(O)c1c(C)oc(C)c1C. The molecule has 2 atom stereocenters. The highest BCUT2D eigenvalue weighted by Gasteiger charge is 2.22. The normalized spacial score (nSPS) is 15.6. The zero-order valence-electron chi connectivity index (χ0n) is 9.72. The van der Waals surface area contributed by atoms with Gasteiger partial charge in [-0.15, -0.1) is 0 Å². The van der Waals surface area contributed by atoms with Gasteiger partial charge in [0, 0.05) is 5.56 Å². The maximum absolute atomic E-state index is 10.1. The molecule has 0 bridgehead atoms. The molecule has 0 amide bonds. The van der Waals surface area contributed by atoms with Crippen molar-refractivity contribution in [3.8, 4) is 0 Å². The van der Waals surface area contributed by atoms with E-state index in [4.69, 9.17) is 4.42 Å². The van der Waals surface area contributed by atoms with E-state index in [0.29, 0.717) is 0 Å². The van der Waals surface area contributed by atoms with Gasteiger partial charge in [-0.05, 0) is 32.3 Å². The van der Waals surface area contributed by atoms with Crippen LogP contribution in [0, 0.1) is 26.7 Å². The Morgan fingerprint density at radius 2 is 1.79 bits per heavy atom. The topological polar surface area (TPSA) is 33.4 Å². The number of hydrogen-bond acceptors (Lipinski definition) is 2. The highest BCUT2D eigenvalue weighted by molar-refractivity contribution is 5.33. The summed E-state index contributed by atoms with van der Waals surface area (Å²) in [6.45, 7) is 10.0. The van der Waals surface area contributed by atoms with Crippen molar-refractivity contribution in [3.63, 3.8) is 0 Å². The van der Waals surface area contributed by atoms with Gasteiger partial charge >= 0.3 is 0 Å². The molecule has 0 aliphatic heterocycles. The third-order valence-corrected chi connectivity index (χ3v) is 3.10. The van der Waals surface area contributed by atoms with Gasteiger partial charge in [-0.25, -0.2) is 0 Å². The van der Waals surface area contributed by atoms with Crippen LogP contribution in [0.25, 0.3) is 0 Å². The van der Waals surface area contributed by atoms with E-state index in [-0.39, 0.29) is 5.92 Å². The van der Waals surface area contributed by atoms with Crippen LogP contribution >= 0.6 is 0 Å². The van der Waals surface area contributed by atoms with Gasteiger partial charge in [-0.1, -0.05) is 20.3 Å². The average molecular weight is 196 g/mol. The van der Waals surface area contributed by atoms with Crippen LogP contribution in [-0.2, 0) is 0 Å². The molecule has 0 aliphatic rings. The lowest BCUT2D eigenvalue weighted by Crippen LogP contribution is -2.09. The van der Waals surface area contributed by atoms with Gasteiger partial charge in [0.15, 0.2) is 0 Å². The van der Waals surface area contributed by atoms with Crippen LogP contribution in [0.3, 0.4) is 0 Å². The van der Waals surface area contributed by atoms with Crippen LogP contribution in [0.5, 0.6) is 0 Å². The standard InChI is InChI=1S/C12H20O2/c1-6-7(2)12(13)11-8(3)9(4)14-10(11)5/h7,12-13H,6H2,1-5H3. The summed E-state index contributed by atoms with van der Waals surface area (Å²) in [6, 6.07) is 0. The molecule has 1 heterocycles. The largest absolute Gasteiger partial charge is 0.466 e. The first-order valence-corrected chi connectivity index (χ1v) is 5.23. The van der Waals surface area contributed by atoms with Gasteiger partial charge in [-0.3, -0.25) is 0 Å². The van der Waals surface area contributed by atoms with Crippen LogP contribution < -0.4 is 0 Å². The highest BCUT2D eigenvalue weighted by atomic mass is 16.3. The lowest BCUT2D eigenvalue weighted by Gasteiger charge is -2.17. The van der Waals surface area contributed by atoms with E-state index in [2.05, 4.69) is 13.8 Å². The van der Waals surface area contributed by atoms with Crippen molar-refractivity contribution in [2.45, 2.75) is 47.1 Å². The Morgan fingerprint density at radius 1 is 1.21 bits per heavy atom. The fourth-order valence-electron chi connectivity index (χ4n) is 1.75. The molecule has 1 N–H and O–H groups in total. The van der Waals surface area contributed by atoms with E-state index in [9.17, 15) is 5.11 Å². The lowest BCUT2D eigenvalue weighted by molar-refractivity contribution is 0.113. The van der Waals surface area contributed by atoms with Crippen LogP contribution in [-0.4, -0.2) is 5.11 Å². The second-order valence-corrected chi connectivity index (χ2v) is 4.08. The minimum absolute atomic E-state index is 0.282. The van der Waals surface area contributed by atoms with Gasteiger partial charge in [0.05, 0.1) is 6.10 Å². The first-order chi connectivity index (χ1) is 6.49. The van der Waals surface area contributed by atoms with Crippen molar-refractivity contribution in [2.75, 3.05) is 0 Å². The Bertz CT molecular complexity index is 312. The molecule has 0 saturated carbocycles. The summed E-state index contributed by atoms with van der Waals surface area (Å²) >= 11 is 0. The molecule has 80 valence electrons. The van der Waals surface area contributed by atoms with Crippen LogP contribution in [0.2, 0.25) is 0 Å². The van der Waals surface area contributed by atoms with E-state index < -0.39 is 6.10 Å². The predicted molar refractivity (Wildman–Crippen MR) is 57.3 cm³/mol. The van der Waals surface area contributed by atoms with Gasteiger partial charge in [0.1, 0.15) is 11.5 Å². The van der Waals surface area contributed by atoms with Gasteiger partial charge < -0.3 is 9.52 Å². The molecule has 0 saturated heterocycles. The summed E-state index contributed by atoms with van der Waals surface area (Å²) in [5.74, 6) is 2.05. The number of aliphatic hydroxyl groups is 1. The monoisotopic (exact) mass is 196 g/mol. The maximum Gasteiger partial charge on any atom is 0.107 e. The summed E-state index contributed by atoms with van der Waals surface area (Å²) < 4.78 is 5.50. The van der Waals surface area contributed by atoms with E-state index in [1.807, 2.05) is 20.8 Å². The number of aliphatic hydroxyl groups excluding tert-OH is 1. The molecular formula is C12H20O2. The Morgan fingerprint density at radius 3 is 2.14 bits per heavy atom. The van der Waals surface area contributed by atoms with Crippen molar-refractivity contribution in [1.29, 1.82) is 0 Å². The number of furan rings is 1. The van der Waals surface area contributed by atoms with E-state index in [1.165, 1.54) is 0 Å². The number of aryl methyl sites for hydroxylation is 2. The fraction of sp³-hybridized carbons (Fsp3) is 0.667. The summed E-state index contributed by atoms with van der Waals surface area (Å²) in [6.07, 6.45) is 0.585. The highest BCUT2D eigenvalue weighted by Crippen LogP contribution is 2.32. The first kappa shape index (κ1) is 11.3. The summed E-state index contributed by atoms with van der Waals surface area (Å²) in [7, 11) is 0. The van der Waals surface area contributed by atoms with Crippen molar-refractivity contribution in [1.82, 2.24) is 0 Å². The predicted octanol–water partition coefficient (Wildman–Crippen LogP) is 3.28. The number of rotatable bonds is 3. The zero-order valence-corrected chi connectivity index (χ0v) is 9.72. The Hall–Kier alpha value is -0.760. The molecule has 0 fully saturated rings. The van der Waals surface area contributed by atoms with Crippen LogP contribution in [0.4, 0.5) is 0 Å². The van der Waals surface area contributed by atoms with Gasteiger partial charge in [-0.2, -0.15) is 0 Å². The Labute approximate surface area is 85.9 Å². The first-order valence-electron chi connectivity index (χ1n) is 5.23. The minimum Gasteiger partial charge on any atom is -0.466 e. The second-order valence-electron chi connectivity index (χ2n) is 4.08. The Kier molecular flexibility index (Phi) is 3.38. The third kappa shape index (κ3) is 1.85. The molecule has 0 aromatic carbocycles. The molecular weight excluding hydrogens is 176 g/mol. The van der Waals surface area contributed by atoms with Crippen molar-refractivity contribution < 1.29 is 9.52 Å². The molecule has 2 heteroatoms. The van der Waals surface area contributed by atoms with Crippen LogP contribution in [0.15, 0.2) is 4.42 Å². The van der Waals surface area contributed by atoms with Crippen molar-refractivity contribution in [3.05, 3.63) is 22.6 Å². The fourth-order valence-corrected chi connectivity index (χ4v) is 1.75. The second kappa shape index (κ2) is 4.18. The summed E-state index contributed by atoms with van der Waals surface area (Å²) in [4.78, 5) is 0. The molecule has 1 rings (SSSR count). The van der Waals surface area contributed by atoms with Crippen LogP contribution in [0.1, 0.15) is 49.0 Å². The summed E-state index contributed by atoms with van der Waals surface area (Å²) in [5.41, 5.74) is 2.08. The molecule has 0 spiro atoms. The molecule has 0 aliphatic carbocycles. The Balaban J connectivity index is 3.05. The zero-order chi connectivity index (χ0) is 10.9. The maximum atomic E-state index is 10.1. The van der Waals surface area contributed by atoms with E-state index in [0.717, 1.165) is 29.1 Å². The quantitative estimate of drug-likeness (QED) is 0.804. The number of hydrogen-bond donors (Lipinski definition) is 1. The molecule has 1 aromatic heterocycles. The molecule has 0 radical (unpaired) electrons.